The number of hydrogen-bond acceptors (Lipinski definition) is 2. The van der Waals surface area contributed by atoms with Gasteiger partial charge in [-0.1, -0.05) is 43.5 Å². The van der Waals surface area contributed by atoms with Gasteiger partial charge in [-0.05, 0) is 61.3 Å². The van der Waals surface area contributed by atoms with E-state index in [0.29, 0.717) is 0 Å². The molecule has 1 aliphatic rings. The highest BCUT2D eigenvalue weighted by Gasteiger charge is 2.08. The van der Waals surface area contributed by atoms with Crippen LogP contribution in [0.3, 0.4) is 0 Å². The normalized spacial score (nSPS) is 16.4. The van der Waals surface area contributed by atoms with Crippen LogP contribution >= 0.6 is 0 Å². The highest BCUT2D eigenvalue weighted by atomic mass is 19.1. The van der Waals surface area contributed by atoms with Crippen molar-refractivity contribution in [2.45, 2.75) is 32.1 Å². The smallest absolute Gasteiger partial charge is 0.123 e. The van der Waals surface area contributed by atoms with E-state index in [1.807, 2.05) is 24.3 Å². The van der Waals surface area contributed by atoms with Gasteiger partial charge in [0.2, 0.25) is 0 Å². The summed E-state index contributed by atoms with van der Waals surface area (Å²) in [7, 11) is 0. The fraction of sp³-hybridized carbons (Fsp3) is 0.429. The first-order valence-electron chi connectivity index (χ1n) is 9.02. The van der Waals surface area contributed by atoms with Crippen LogP contribution in [0.15, 0.2) is 48.5 Å². The highest BCUT2D eigenvalue weighted by molar-refractivity contribution is 5.63. The zero-order valence-corrected chi connectivity index (χ0v) is 14.2. The van der Waals surface area contributed by atoms with Gasteiger partial charge in [-0.2, -0.15) is 0 Å². The van der Waals surface area contributed by atoms with E-state index in [1.54, 1.807) is 12.1 Å². The van der Waals surface area contributed by atoms with Gasteiger partial charge in [-0.25, -0.2) is 4.39 Å². The van der Waals surface area contributed by atoms with E-state index in [0.717, 1.165) is 30.0 Å². The van der Waals surface area contributed by atoms with Crippen molar-refractivity contribution in [3.8, 4) is 16.9 Å². The van der Waals surface area contributed by atoms with E-state index < -0.39 is 0 Å². The molecule has 2 nitrogen and oxygen atoms in total. The predicted molar refractivity (Wildman–Crippen MR) is 96.9 cm³/mol. The lowest BCUT2D eigenvalue weighted by atomic mass is 10.1. The molecule has 0 amide bonds. The standard InChI is InChI=1S/C21H26FNO/c22-20-10-6-18(7-11-20)19-8-12-21(13-9-19)24-17-16-23-14-4-2-1-3-5-15-23/h6-13H,1-5,14-17H2. The second kappa shape index (κ2) is 8.84. The molecule has 1 heterocycles. The van der Waals surface area contributed by atoms with Gasteiger partial charge in [0.05, 0.1) is 0 Å². The molecule has 3 heteroatoms. The number of hydrogen-bond donors (Lipinski definition) is 0. The largest absolute Gasteiger partial charge is 0.492 e. The van der Waals surface area contributed by atoms with E-state index in [-0.39, 0.29) is 5.82 Å². The third-order valence-electron chi connectivity index (χ3n) is 4.66. The number of likely N-dealkylation sites (tertiary alicyclic amines) is 1. The monoisotopic (exact) mass is 327 g/mol. The Morgan fingerprint density at radius 1 is 0.750 bits per heavy atom. The van der Waals surface area contributed by atoms with E-state index in [2.05, 4.69) is 4.90 Å². The lowest BCUT2D eigenvalue weighted by Gasteiger charge is -2.24. The number of rotatable bonds is 5. The molecule has 0 N–H and O–H groups in total. The Balaban J connectivity index is 1.48. The van der Waals surface area contributed by atoms with E-state index in [9.17, 15) is 4.39 Å². The number of benzene rings is 2. The van der Waals surface area contributed by atoms with Crippen molar-refractivity contribution in [3.63, 3.8) is 0 Å². The minimum atomic E-state index is -0.206. The molecule has 128 valence electrons. The molecule has 24 heavy (non-hydrogen) atoms. The number of halogens is 1. The molecule has 0 radical (unpaired) electrons. The van der Waals surface area contributed by atoms with Crippen LogP contribution in [0.1, 0.15) is 32.1 Å². The van der Waals surface area contributed by atoms with Gasteiger partial charge in [-0.3, -0.25) is 4.90 Å². The maximum atomic E-state index is 13.0. The summed E-state index contributed by atoms with van der Waals surface area (Å²) in [5.41, 5.74) is 2.09. The number of ether oxygens (including phenoxy) is 1. The Morgan fingerprint density at radius 2 is 1.29 bits per heavy atom. The fourth-order valence-corrected chi connectivity index (χ4v) is 3.22. The zero-order chi connectivity index (χ0) is 16.6. The molecule has 1 fully saturated rings. The Labute approximate surface area is 144 Å². The average molecular weight is 327 g/mol. The van der Waals surface area contributed by atoms with Crippen LogP contribution in [0.2, 0.25) is 0 Å². The van der Waals surface area contributed by atoms with Crippen molar-refractivity contribution >= 4 is 0 Å². The summed E-state index contributed by atoms with van der Waals surface area (Å²) >= 11 is 0. The fourth-order valence-electron chi connectivity index (χ4n) is 3.22. The highest BCUT2D eigenvalue weighted by Crippen LogP contribution is 2.22. The van der Waals surface area contributed by atoms with Gasteiger partial charge >= 0.3 is 0 Å². The van der Waals surface area contributed by atoms with Crippen LogP contribution in [0.25, 0.3) is 11.1 Å². The Morgan fingerprint density at radius 3 is 1.92 bits per heavy atom. The van der Waals surface area contributed by atoms with E-state index in [1.165, 1.54) is 57.3 Å². The first-order valence-corrected chi connectivity index (χ1v) is 9.02. The number of nitrogens with zero attached hydrogens (tertiary/aromatic N) is 1. The Hall–Kier alpha value is -1.87. The molecule has 2 aromatic rings. The molecule has 2 aromatic carbocycles. The quantitative estimate of drug-likeness (QED) is 0.754. The van der Waals surface area contributed by atoms with Crippen LogP contribution in [0.4, 0.5) is 4.39 Å². The lowest BCUT2D eigenvalue weighted by Crippen LogP contribution is -2.31. The van der Waals surface area contributed by atoms with Gasteiger partial charge in [0.15, 0.2) is 0 Å². The molecule has 3 rings (SSSR count). The first-order chi connectivity index (χ1) is 11.8. The summed E-state index contributed by atoms with van der Waals surface area (Å²) in [5, 5.41) is 0. The molecule has 0 spiro atoms. The summed E-state index contributed by atoms with van der Waals surface area (Å²) in [4.78, 5) is 2.52. The maximum absolute atomic E-state index is 13.0. The van der Waals surface area contributed by atoms with Crippen LogP contribution in [0.5, 0.6) is 5.75 Å². The maximum Gasteiger partial charge on any atom is 0.123 e. The average Bonchev–Trinajstić information content (AvgIpc) is 2.58. The zero-order valence-electron chi connectivity index (χ0n) is 14.2. The van der Waals surface area contributed by atoms with Gasteiger partial charge in [0.1, 0.15) is 18.2 Å². The second-order valence-corrected chi connectivity index (χ2v) is 6.49. The minimum Gasteiger partial charge on any atom is -0.492 e. The minimum absolute atomic E-state index is 0.206. The molecular formula is C21H26FNO. The van der Waals surface area contributed by atoms with Crippen LogP contribution in [0, 0.1) is 5.82 Å². The topological polar surface area (TPSA) is 12.5 Å². The third-order valence-corrected chi connectivity index (χ3v) is 4.66. The molecule has 0 atom stereocenters. The molecule has 0 aromatic heterocycles. The van der Waals surface area contributed by atoms with Gasteiger partial charge < -0.3 is 4.74 Å². The van der Waals surface area contributed by atoms with Crippen molar-refractivity contribution in [1.29, 1.82) is 0 Å². The van der Waals surface area contributed by atoms with Crippen molar-refractivity contribution in [2.24, 2.45) is 0 Å². The van der Waals surface area contributed by atoms with Crippen molar-refractivity contribution in [2.75, 3.05) is 26.2 Å². The molecule has 0 unspecified atom stereocenters. The molecular weight excluding hydrogens is 301 g/mol. The SMILES string of the molecule is Fc1ccc(-c2ccc(OCCN3CCCCCCC3)cc2)cc1. The summed E-state index contributed by atoms with van der Waals surface area (Å²) in [6.07, 6.45) is 6.74. The van der Waals surface area contributed by atoms with Crippen molar-refractivity contribution in [1.82, 2.24) is 4.90 Å². The van der Waals surface area contributed by atoms with Crippen LogP contribution in [-0.2, 0) is 0 Å². The molecule has 1 saturated heterocycles. The molecule has 0 saturated carbocycles. The molecule has 1 aliphatic heterocycles. The third kappa shape index (κ3) is 5.07. The summed E-state index contributed by atoms with van der Waals surface area (Å²) in [6, 6.07) is 14.6. The van der Waals surface area contributed by atoms with Gasteiger partial charge in [-0.15, -0.1) is 0 Å². The van der Waals surface area contributed by atoms with Crippen LogP contribution in [-0.4, -0.2) is 31.1 Å². The van der Waals surface area contributed by atoms with Crippen LogP contribution < -0.4 is 4.74 Å². The summed E-state index contributed by atoms with van der Waals surface area (Å²) < 4.78 is 18.9. The van der Waals surface area contributed by atoms with E-state index >= 15 is 0 Å². The predicted octanol–water partition coefficient (Wildman–Crippen LogP) is 5.14. The second-order valence-electron chi connectivity index (χ2n) is 6.49. The van der Waals surface area contributed by atoms with E-state index in [4.69, 9.17) is 4.74 Å². The Bertz CT molecular complexity index is 601. The van der Waals surface area contributed by atoms with Gasteiger partial charge in [0.25, 0.3) is 0 Å². The molecule has 0 bridgehead atoms. The summed E-state index contributed by atoms with van der Waals surface area (Å²) in [5.74, 6) is 0.691. The van der Waals surface area contributed by atoms with Crippen molar-refractivity contribution < 1.29 is 9.13 Å². The summed E-state index contributed by atoms with van der Waals surface area (Å²) in [6.45, 7) is 4.13. The van der Waals surface area contributed by atoms with Crippen molar-refractivity contribution in [3.05, 3.63) is 54.3 Å². The lowest BCUT2D eigenvalue weighted by molar-refractivity contribution is 0.195. The molecule has 0 aliphatic carbocycles. The first kappa shape index (κ1) is 17.0. The van der Waals surface area contributed by atoms with Gasteiger partial charge in [0, 0.05) is 6.54 Å². The Kier molecular flexibility index (Phi) is 6.25.